The normalized spacial score (nSPS) is 12.9. The van der Waals surface area contributed by atoms with Crippen molar-refractivity contribution in [3.05, 3.63) is 41.0 Å². The number of hydrogen-bond donors (Lipinski definition) is 3. The lowest BCUT2D eigenvalue weighted by molar-refractivity contribution is -0.123. The molecular formula is C20H20IN5O3S. The van der Waals surface area contributed by atoms with E-state index in [0.29, 0.717) is 36.5 Å². The van der Waals surface area contributed by atoms with Crippen LogP contribution in [-0.2, 0) is 27.2 Å². The molecule has 1 aliphatic rings. The average molecular weight is 537 g/mol. The molecule has 30 heavy (non-hydrogen) atoms. The molecule has 1 aliphatic heterocycles. The minimum atomic E-state index is -0.525. The predicted octanol–water partition coefficient (Wildman–Crippen LogP) is 2.44. The number of aliphatic hydroxyl groups is 1. The van der Waals surface area contributed by atoms with Crippen LogP contribution in [-0.4, -0.2) is 44.9 Å². The van der Waals surface area contributed by atoms with E-state index in [1.54, 1.807) is 0 Å². The first kappa shape index (κ1) is 21.2. The number of amides is 1. The van der Waals surface area contributed by atoms with Crippen molar-refractivity contribution in [1.82, 2.24) is 20.3 Å². The molecule has 0 atom stereocenters. The van der Waals surface area contributed by atoms with Gasteiger partial charge in [-0.25, -0.2) is 4.98 Å². The number of aliphatic hydroxyl groups excluding tert-OH is 1. The summed E-state index contributed by atoms with van der Waals surface area (Å²) in [4.78, 5) is 24.5. The number of benzene rings is 2. The third-order valence-electron chi connectivity index (χ3n) is 4.72. The van der Waals surface area contributed by atoms with Gasteiger partial charge in [0, 0.05) is 22.3 Å². The van der Waals surface area contributed by atoms with Gasteiger partial charge < -0.3 is 20.9 Å². The number of halogens is 1. The number of aromatic nitrogens is 3. The third kappa shape index (κ3) is 4.36. The summed E-state index contributed by atoms with van der Waals surface area (Å²) in [6.45, 7) is 1.05. The molecule has 4 N–H and O–H groups in total. The molecule has 8 nitrogen and oxygen atoms in total. The fraction of sp³-hybridized carbons (Fsp3) is 0.300. The van der Waals surface area contributed by atoms with Crippen molar-refractivity contribution >= 4 is 57.0 Å². The van der Waals surface area contributed by atoms with Crippen molar-refractivity contribution in [1.29, 1.82) is 0 Å². The van der Waals surface area contributed by atoms with Crippen molar-refractivity contribution in [2.45, 2.75) is 22.8 Å². The highest BCUT2D eigenvalue weighted by Crippen LogP contribution is 2.38. The fourth-order valence-corrected chi connectivity index (χ4v) is 4.82. The van der Waals surface area contributed by atoms with Gasteiger partial charge in [-0.15, -0.1) is 0 Å². The first-order valence-electron chi connectivity index (χ1n) is 9.33. The monoisotopic (exact) mass is 537 g/mol. The van der Waals surface area contributed by atoms with E-state index in [2.05, 4.69) is 61.1 Å². The zero-order chi connectivity index (χ0) is 21.1. The molecule has 0 spiro atoms. The summed E-state index contributed by atoms with van der Waals surface area (Å²) in [6, 6.07) is 8.38. The maximum atomic E-state index is 11.2. The van der Waals surface area contributed by atoms with Crippen LogP contribution in [0.4, 0.5) is 5.95 Å². The Hall–Kier alpha value is -2.02. The Morgan fingerprint density at radius 3 is 2.90 bits per heavy atom. The minimum Gasteiger partial charge on any atom is -0.387 e. The summed E-state index contributed by atoms with van der Waals surface area (Å²) in [5.41, 5.74) is 10.4. The fourth-order valence-electron chi connectivity index (χ4n) is 3.53. The van der Waals surface area contributed by atoms with Gasteiger partial charge in [-0.1, -0.05) is 58.6 Å². The molecule has 156 valence electrons. The molecule has 4 rings (SSSR count). The van der Waals surface area contributed by atoms with E-state index in [0.717, 1.165) is 26.5 Å². The Balaban J connectivity index is 1.73. The zero-order valence-electron chi connectivity index (χ0n) is 16.0. The standard InChI is InChI=1S/C20H20IN5O3S/c21-7-12-6-13-10-29-9-11-2-1-3-14(16(11)13)17(12)18-24-19(22)26-20(25-18)30-5-4-23-15(28)8-27/h1-3,6,27H,4-5,7-10H2,(H,23,28)(H2,22,24,25,26). The topological polar surface area (TPSA) is 123 Å². The maximum absolute atomic E-state index is 11.2. The van der Waals surface area contributed by atoms with Crippen molar-refractivity contribution in [2.24, 2.45) is 0 Å². The number of alkyl halides is 1. The van der Waals surface area contributed by atoms with Crippen LogP contribution in [0.3, 0.4) is 0 Å². The number of hydrogen-bond acceptors (Lipinski definition) is 8. The van der Waals surface area contributed by atoms with Crippen LogP contribution >= 0.6 is 34.4 Å². The number of nitrogen functional groups attached to an aromatic ring is 1. The van der Waals surface area contributed by atoms with Crippen LogP contribution in [0.2, 0.25) is 0 Å². The van der Waals surface area contributed by atoms with Gasteiger partial charge in [-0.3, -0.25) is 4.79 Å². The quantitative estimate of drug-likeness (QED) is 0.182. The number of ether oxygens (including phenoxy) is 1. The van der Waals surface area contributed by atoms with Gasteiger partial charge in [0.25, 0.3) is 0 Å². The number of nitrogens with two attached hydrogens (primary N) is 1. The second kappa shape index (κ2) is 9.41. The van der Waals surface area contributed by atoms with Gasteiger partial charge in [-0.2, -0.15) is 9.97 Å². The summed E-state index contributed by atoms with van der Waals surface area (Å²) in [5, 5.41) is 14.2. The molecule has 0 aliphatic carbocycles. The van der Waals surface area contributed by atoms with Crippen LogP contribution in [0.15, 0.2) is 29.4 Å². The number of rotatable bonds is 7. The van der Waals surface area contributed by atoms with Gasteiger partial charge in [-0.05, 0) is 27.5 Å². The molecule has 0 bridgehead atoms. The summed E-state index contributed by atoms with van der Waals surface area (Å²) in [6.07, 6.45) is 0. The Bertz CT molecular complexity index is 1110. The number of nitrogens with one attached hydrogen (secondary N) is 1. The molecule has 2 aromatic carbocycles. The molecule has 2 heterocycles. The van der Waals surface area contributed by atoms with E-state index in [1.165, 1.54) is 22.7 Å². The van der Waals surface area contributed by atoms with Crippen molar-refractivity contribution < 1.29 is 14.6 Å². The molecule has 0 fully saturated rings. The lowest BCUT2D eigenvalue weighted by atomic mass is 9.91. The second-order valence-corrected chi connectivity index (χ2v) is 8.52. The first-order valence-corrected chi connectivity index (χ1v) is 11.8. The number of anilines is 1. The number of carbonyl (C=O) groups excluding carboxylic acids is 1. The van der Waals surface area contributed by atoms with Gasteiger partial charge in [0.15, 0.2) is 11.0 Å². The minimum absolute atomic E-state index is 0.158. The average Bonchev–Trinajstić information content (AvgIpc) is 2.76. The van der Waals surface area contributed by atoms with Crippen LogP contribution in [0.25, 0.3) is 22.2 Å². The number of carbonyl (C=O) groups is 1. The first-order chi connectivity index (χ1) is 14.6. The summed E-state index contributed by atoms with van der Waals surface area (Å²) < 4.78 is 6.53. The molecule has 1 aromatic heterocycles. The van der Waals surface area contributed by atoms with Gasteiger partial charge in [0.1, 0.15) is 6.61 Å². The summed E-state index contributed by atoms with van der Waals surface area (Å²) >= 11 is 3.72. The van der Waals surface area contributed by atoms with E-state index in [9.17, 15) is 4.79 Å². The molecule has 1 amide bonds. The Morgan fingerprint density at radius 1 is 1.27 bits per heavy atom. The van der Waals surface area contributed by atoms with Crippen molar-refractivity contribution in [3.8, 4) is 11.4 Å². The molecular weight excluding hydrogens is 517 g/mol. The van der Waals surface area contributed by atoms with Gasteiger partial charge in [0.05, 0.1) is 13.2 Å². The molecule has 10 heteroatoms. The second-order valence-electron chi connectivity index (χ2n) is 6.69. The van der Waals surface area contributed by atoms with Crippen LogP contribution in [0, 0.1) is 0 Å². The Labute approximate surface area is 191 Å². The summed E-state index contributed by atoms with van der Waals surface area (Å²) in [5.74, 6) is 0.844. The van der Waals surface area contributed by atoms with E-state index < -0.39 is 12.5 Å². The van der Waals surface area contributed by atoms with E-state index in [-0.39, 0.29) is 5.95 Å². The van der Waals surface area contributed by atoms with E-state index in [4.69, 9.17) is 15.6 Å². The lowest BCUT2D eigenvalue weighted by Crippen LogP contribution is -2.28. The van der Waals surface area contributed by atoms with Crippen LogP contribution in [0.1, 0.15) is 16.7 Å². The van der Waals surface area contributed by atoms with Gasteiger partial charge in [0.2, 0.25) is 11.9 Å². The highest BCUT2D eigenvalue weighted by Gasteiger charge is 2.21. The highest BCUT2D eigenvalue weighted by atomic mass is 127. The summed E-state index contributed by atoms with van der Waals surface area (Å²) in [7, 11) is 0. The predicted molar refractivity (Wildman–Crippen MR) is 124 cm³/mol. The third-order valence-corrected chi connectivity index (χ3v) is 6.40. The molecule has 0 unspecified atom stereocenters. The van der Waals surface area contributed by atoms with E-state index in [1.807, 2.05) is 6.07 Å². The number of thioether (sulfide) groups is 1. The zero-order valence-corrected chi connectivity index (χ0v) is 19.0. The molecule has 3 aromatic rings. The Kier molecular flexibility index (Phi) is 6.66. The number of nitrogens with zero attached hydrogens (tertiary/aromatic N) is 3. The largest absolute Gasteiger partial charge is 0.387 e. The van der Waals surface area contributed by atoms with Gasteiger partial charge >= 0.3 is 0 Å². The molecule has 0 radical (unpaired) electrons. The molecule has 0 saturated carbocycles. The highest BCUT2D eigenvalue weighted by molar-refractivity contribution is 14.1. The SMILES string of the molecule is Nc1nc(SCCNC(=O)CO)nc(-c2c(CI)cc3c4c(cccc24)COC3)n1. The lowest BCUT2D eigenvalue weighted by Gasteiger charge is -2.21. The molecule has 0 saturated heterocycles. The van der Waals surface area contributed by atoms with Crippen LogP contribution < -0.4 is 11.1 Å². The Morgan fingerprint density at radius 2 is 2.10 bits per heavy atom. The maximum Gasteiger partial charge on any atom is 0.245 e. The van der Waals surface area contributed by atoms with Crippen LogP contribution in [0.5, 0.6) is 0 Å². The van der Waals surface area contributed by atoms with E-state index >= 15 is 0 Å². The smallest absolute Gasteiger partial charge is 0.245 e. The van der Waals surface area contributed by atoms with Crippen molar-refractivity contribution in [2.75, 3.05) is 24.6 Å². The van der Waals surface area contributed by atoms with Crippen molar-refractivity contribution in [3.63, 3.8) is 0 Å².